The van der Waals surface area contributed by atoms with Gasteiger partial charge in [0, 0.05) is 16.2 Å². The highest BCUT2D eigenvalue weighted by molar-refractivity contribution is 7.64. The van der Waals surface area contributed by atoms with Crippen molar-refractivity contribution in [1.29, 1.82) is 0 Å². The van der Waals surface area contributed by atoms with Crippen molar-refractivity contribution in [2.75, 3.05) is 0 Å². The van der Waals surface area contributed by atoms with Gasteiger partial charge >= 0.3 is 0 Å². The van der Waals surface area contributed by atoms with Gasteiger partial charge in [0.15, 0.2) is 0 Å². The van der Waals surface area contributed by atoms with Gasteiger partial charge in [0.05, 0.1) is 6.26 Å². The lowest BCUT2D eigenvalue weighted by atomic mass is 10.0. The average molecular weight is 424 g/mol. The summed E-state index contributed by atoms with van der Waals surface area (Å²) in [5, 5.41) is 5.11. The molecule has 2 atom stereocenters. The van der Waals surface area contributed by atoms with Crippen molar-refractivity contribution in [2.24, 2.45) is 0 Å². The molecule has 6 rings (SSSR count). The van der Waals surface area contributed by atoms with Crippen LogP contribution in [0, 0.1) is 0 Å². The molecule has 0 amide bonds. The minimum Gasteiger partial charge on any atom is -0.489 e. The van der Waals surface area contributed by atoms with Crippen molar-refractivity contribution >= 4 is 38.5 Å². The minimum absolute atomic E-state index is 0.0771. The Hall–Kier alpha value is -2.92. The van der Waals surface area contributed by atoms with E-state index in [1.807, 2.05) is 12.3 Å². The third-order valence-electron chi connectivity index (χ3n) is 5.51. The van der Waals surface area contributed by atoms with Crippen molar-refractivity contribution in [3.8, 4) is 16.9 Å². The number of rotatable bonds is 2. The highest BCUT2D eigenvalue weighted by Gasteiger charge is 2.25. The SMILES string of the molecule is C1=Cc2c(pcc3ccccc23)C(C=CP2Oc3ccccc3-c3ccccc32)O1. The maximum atomic E-state index is 6.42. The van der Waals surface area contributed by atoms with Crippen LogP contribution in [0.25, 0.3) is 28.0 Å². The maximum absolute atomic E-state index is 6.42. The van der Waals surface area contributed by atoms with Crippen molar-refractivity contribution in [2.45, 2.75) is 6.10 Å². The van der Waals surface area contributed by atoms with Gasteiger partial charge in [0.1, 0.15) is 20.0 Å². The number of benzene rings is 3. The zero-order chi connectivity index (χ0) is 19.9. The van der Waals surface area contributed by atoms with Crippen LogP contribution in [-0.4, -0.2) is 0 Å². The van der Waals surface area contributed by atoms with Crippen molar-refractivity contribution in [3.63, 3.8) is 0 Å². The van der Waals surface area contributed by atoms with E-state index in [0.717, 1.165) is 5.75 Å². The molecule has 0 fully saturated rings. The summed E-state index contributed by atoms with van der Waals surface area (Å²) in [6.07, 6.45) is 6.01. The van der Waals surface area contributed by atoms with Gasteiger partial charge in [-0.15, -0.1) is 0 Å². The van der Waals surface area contributed by atoms with Crippen LogP contribution >= 0.6 is 16.3 Å². The summed E-state index contributed by atoms with van der Waals surface area (Å²) in [5.41, 5.74) is 3.70. The van der Waals surface area contributed by atoms with Gasteiger partial charge < -0.3 is 9.26 Å². The smallest absolute Gasteiger partial charge is 0.146 e. The first kappa shape index (κ1) is 17.9. The molecule has 2 aliphatic heterocycles. The summed E-state index contributed by atoms with van der Waals surface area (Å²) in [7, 11) is 0.292. The molecule has 144 valence electrons. The molecule has 1 aromatic heterocycles. The van der Waals surface area contributed by atoms with Crippen LogP contribution in [0.4, 0.5) is 0 Å². The molecule has 0 spiro atoms. The fourth-order valence-electron chi connectivity index (χ4n) is 4.08. The van der Waals surface area contributed by atoms with E-state index in [0.29, 0.717) is 0 Å². The van der Waals surface area contributed by atoms with Crippen LogP contribution in [0.2, 0.25) is 0 Å². The molecule has 2 unspecified atom stereocenters. The number of hydrogen-bond donors (Lipinski definition) is 0. The third kappa shape index (κ3) is 2.96. The van der Waals surface area contributed by atoms with Crippen LogP contribution in [0.1, 0.15) is 17.0 Å². The van der Waals surface area contributed by atoms with Gasteiger partial charge in [-0.3, -0.25) is 0 Å². The Kier molecular flexibility index (Phi) is 4.42. The summed E-state index contributed by atoms with van der Waals surface area (Å²) in [6, 6.07) is 25.4. The third-order valence-corrected chi connectivity index (χ3v) is 8.39. The molecule has 0 saturated carbocycles. The lowest BCUT2D eigenvalue weighted by molar-refractivity contribution is 0.191. The first-order valence-corrected chi connectivity index (χ1v) is 12.2. The van der Waals surface area contributed by atoms with Gasteiger partial charge in [0.25, 0.3) is 0 Å². The molecular weight excluding hydrogens is 406 g/mol. The fourth-order valence-corrected chi connectivity index (χ4v) is 6.88. The Bertz CT molecular complexity index is 1330. The van der Waals surface area contributed by atoms with E-state index in [2.05, 4.69) is 90.5 Å². The number of fused-ring (bicyclic) bond motifs is 6. The largest absolute Gasteiger partial charge is 0.489 e. The molecule has 4 aromatic rings. The second-order valence-corrected chi connectivity index (χ2v) is 9.89. The molecule has 2 aliphatic rings. The van der Waals surface area contributed by atoms with E-state index in [-0.39, 0.29) is 6.10 Å². The standard InChI is InChI=1S/C26H18O2P2/c1-2-8-19-18(7-1)17-29-26-22(19)13-15-27-24(26)14-16-30-25-12-6-4-10-21(25)20-9-3-5-11-23(20)28-30/h1-17,24H. The van der Waals surface area contributed by atoms with E-state index in [1.54, 1.807) is 0 Å². The summed E-state index contributed by atoms with van der Waals surface area (Å²) in [4.78, 5) is 0. The molecule has 4 heteroatoms. The Labute approximate surface area is 178 Å². The predicted molar refractivity (Wildman–Crippen MR) is 128 cm³/mol. The molecule has 2 nitrogen and oxygen atoms in total. The van der Waals surface area contributed by atoms with E-state index >= 15 is 0 Å². The molecule has 0 aliphatic carbocycles. The van der Waals surface area contributed by atoms with E-state index < -0.39 is 8.15 Å². The molecule has 0 N–H and O–H groups in total. The molecule has 0 saturated heterocycles. The van der Waals surface area contributed by atoms with Crippen molar-refractivity contribution in [1.82, 2.24) is 0 Å². The van der Waals surface area contributed by atoms with Crippen LogP contribution in [-0.2, 0) is 4.74 Å². The Morgan fingerprint density at radius 2 is 1.67 bits per heavy atom. The zero-order valence-corrected chi connectivity index (χ0v) is 17.9. The molecule has 3 aromatic carbocycles. The van der Waals surface area contributed by atoms with Crippen molar-refractivity contribution in [3.05, 3.63) is 108 Å². The van der Waals surface area contributed by atoms with Gasteiger partial charge in [0.2, 0.25) is 0 Å². The first-order chi connectivity index (χ1) is 14.9. The summed E-state index contributed by atoms with van der Waals surface area (Å²) in [5.74, 6) is 5.43. The normalized spacial score (nSPS) is 19.2. The molecular formula is C26H18O2P2. The summed E-state index contributed by atoms with van der Waals surface area (Å²) >= 11 is 0. The van der Waals surface area contributed by atoms with Crippen molar-refractivity contribution < 1.29 is 9.26 Å². The van der Waals surface area contributed by atoms with E-state index in [1.165, 1.54) is 46.3 Å². The Balaban J connectivity index is 1.38. The lowest BCUT2D eigenvalue weighted by Gasteiger charge is -2.27. The van der Waals surface area contributed by atoms with Crippen LogP contribution in [0.3, 0.4) is 0 Å². The van der Waals surface area contributed by atoms with Gasteiger partial charge in [-0.2, -0.15) is 0 Å². The topological polar surface area (TPSA) is 18.5 Å². The first-order valence-electron chi connectivity index (χ1n) is 9.92. The zero-order valence-electron chi connectivity index (χ0n) is 16.1. The summed E-state index contributed by atoms with van der Waals surface area (Å²) < 4.78 is 12.4. The van der Waals surface area contributed by atoms with Crippen LogP contribution in [0.15, 0.2) is 96.7 Å². The second-order valence-electron chi connectivity index (χ2n) is 7.28. The average Bonchev–Trinajstić information content (AvgIpc) is 2.82. The fraction of sp³-hybridized carbons (Fsp3) is 0.0385. The van der Waals surface area contributed by atoms with E-state index in [4.69, 9.17) is 9.26 Å². The summed E-state index contributed by atoms with van der Waals surface area (Å²) in [6.45, 7) is 0. The lowest BCUT2D eigenvalue weighted by Crippen LogP contribution is -2.13. The van der Waals surface area contributed by atoms with Gasteiger partial charge in [-0.1, -0.05) is 74.9 Å². The van der Waals surface area contributed by atoms with Crippen LogP contribution < -0.4 is 9.83 Å². The Morgan fingerprint density at radius 3 is 2.63 bits per heavy atom. The quantitative estimate of drug-likeness (QED) is 0.306. The molecule has 3 heterocycles. The second kappa shape index (κ2) is 7.40. The maximum Gasteiger partial charge on any atom is 0.146 e. The van der Waals surface area contributed by atoms with Gasteiger partial charge in [-0.25, -0.2) is 0 Å². The number of hydrogen-bond acceptors (Lipinski definition) is 2. The Morgan fingerprint density at radius 1 is 0.867 bits per heavy atom. The van der Waals surface area contributed by atoms with E-state index in [9.17, 15) is 0 Å². The minimum atomic E-state index is -0.897. The monoisotopic (exact) mass is 424 g/mol. The number of para-hydroxylation sites is 1. The highest BCUT2D eigenvalue weighted by Crippen LogP contribution is 2.50. The molecule has 0 bridgehead atoms. The highest BCUT2D eigenvalue weighted by atomic mass is 31.1. The van der Waals surface area contributed by atoms with Crippen LogP contribution in [0.5, 0.6) is 5.75 Å². The van der Waals surface area contributed by atoms with Gasteiger partial charge in [-0.05, 0) is 51.7 Å². The predicted octanol–water partition coefficient (Wildman–Crippen LogP) is 7.76. The molecule has 0 radical (unpaired) electrons. The molecule has 30 heavy (non-hydrogen) atoms. The number of ether oxygens (including phenoxy) is 1.